The summed E-state index contributed by atoms with van der Waals surface area (Å²) in [6.07, 6.45) is -1.07. The van der Waals surface area contributed by atoms with Crippen molar-refractivity contribution in [3.63, 3.8) is 0 Å². The maximum atomic E-state index is 13.8. The Morgan fingerprint density at radius 2 is 1.67 bits per heavy atom. The van der Waals surface area contributed by atoms with Crippen LogP contribution in [0.5, 0.6) is 0 Å². The number of alkyl halides is 3. The van der Waals surface area contributed by atoms with Gasteiger partial charge in [0.25, 0.3) is 5.91 Å². The quantitative estimate of drug-likeness (QED) is 0.200. The van der Waals surface area contributed by atoms with Gasteiger partial charge in [0, 0.05) is 61.3 Å². The number of piperazine rings is 1. The molecule has 236 valence electrons. The van der Waals surface area contributed by atoms with E-state index in [9.17, 15) is 18.0 Å². The van der Waals surface area contributed by atoms with Gasteiger partial charge >= 0.3 is 6.18 Å². The Morgan fingerprint density at radius 3 is 2.41 bits per heavy atom. The van der Waals surface area contributed by atoms with Gasteiger partial charge in [0.2, 0.25) is 5.95 Å². The van der Waals surface area contributed by atoms with E-state index in [1.165, 1.54) is 6.07 Å². The number of pyridine rings is 1. The third kappa shape index (κ3) is 7.32. The molecular formula is C35H34F3N7O. The minimum atomic E-state index is -4.54. The number of halogens is 3. The number of fused-ring (bicyclic) bond motifs is 1. The van der Waals surface area contributed by atoms with Crippen molar-refractivity contribution in [1.82, 2.24) is 24.8 Å². The highest BCUT2D eigenvalue weighted by Crippen LogP contribution is 2.33. The van der Waals surface area contributed by atoms with E-state index < -0.39 is 17.6 Å². The molecule has 3 aromatic carbocycles. The highest BCUT2D eigenvalue weighted by atomic mass is 19.4. The van der Waals surface area contributed by atoms with Crippen LogP contribution in [0.3, 0.4) is 0 Å². The third-order valence-electron chi connectivity index (χ3n) is 8.08. The molecule has 46 heavy (non-hydrogen) atoms. The van der Waals surface area contributed by atoms with Gasteiger partial charge in [-0.2, -0.15) is 13.2 Å². The first-order valence-electron chi connectivity index (χ1n) is 15.0. The topological polar surface area (TPSA) is 86.3 Å². The monoisotopic (exact) mass is 625 g/mol. The second-order valence-corrected chi connectivity index (χ2v) is 11.8. The fraction of sp³-hybridized carbons (Fsp3) is 0.257. The number of nitrogens with one attached hydrogen (secondary N) is 2. The fourth-order valence-electron chi connectivity index (χ4n) is 5.55. The predicted octanol–water partition coefficient (Wildman–Crippen LogP) is 7.07. The molecule has 1 saturated heterocycles. The molecule has 0 unspecified atom stereocenters. The van der Waals surface area contributed by atoms with E-state index in [1.807, 2.05) is 51.2 Å². The van der Waals surface area contributed by atoms with Gasteiger partial charge < -0.3 is 15.5 Å². The van der Waals surface area contributed by atoms with Crippen LogP contribution in [0, 0.1) is 13.8 Å². The number of carbonyl (C=O) groups excluding carboxylic acids is 1. The van der Waals surface area contributed by atoms with Crippen molar-refractivity contribution in [1.29, 1.82) is 0 Å². The second-order valence-electron chi connectivity index (χ2n) is 11.8. The van der Waals surface area contributed by atoms with Gasteiger partial charge in [-0.3, -0.25) is 14.7 Å². The number of rotatable bonds is 7. The number of hydrogen-bond acceptors (Lipinski definition) is 7. The maximum absolute atomic E-state index is 13.8. The lowest BCUT2D eigenvalue weighted by Gasteiger charge is -2.32. The average Bonchev–Trinajstić information content (AvgIpc) is 3.03. The SMILES string of the molecule is Cc1ccc(Nc2ncc3cc(-c4cccc(C(=O)Nc5cc(CN6CCN(C)CC6)cc(C(F)(F)F)c5)c4)cc(C)c3n2)cn1. The van der Waals surface area contributed by atoms with E-state index in [0.717, 1.165) is 71.2 Å². The predicted molar refractivity (Wildman–Crippen MR) is 174 cm³/mol. The number of anilines is 3. The van der Waals surface area contributed by atoms with Gasteiger partial charge in [-0.15, -0.1) is 0 Å². The number of nitrogens with zero attached hydrogens (tertiary/aromatic N) is 5. The number of likely N-dealkylation sites (N-methyl/N-ethyl adjacent to an activating group) is 1. The van der Waals surface area contributed by atoms with Crippen LogP contribution >= 0.6 is 0 Å². The smallest absolute Gasteiger partial charge is 0.323 e. The van der Waals surface area contributed by atoms with Crippen LogP contribution < -0.4 is 10.6 Å². The molecule has 11 heteroatoms. The van der Waals surface area contributed by atoms with E-state index in [1.54, 1.807) is 36.7 Å². The van der Waals surface area contributed by atoms with Crippen LogP contribution in [-0.4, -0.2) is 63.9 Å². The molecule has 8 nitrogen and oxygen atoms in total. The van der Waals surface area contributed by atoms with Gasteiger partial charge in [0.15, 0.2) is 0 Å². The van der Waals surface area contributed by atoms with Gasteiger partial charge in [-0.1, -0.05) is 12.1 Å². The van der Waals surface area contributed by atoms with Crippen molar-refractivity contribution in [3.8, 4) is 11.1 Å². The number of carbonyl (C=O) groups is 1. The minimum absolute atomic E-state index is 0.110. The number of amides is 1. The van der Waals surface area contributed by atoms with Crippen molar-refractivity contribution in [2.45, 2.75) is 26.6 Å². The Labute approximate surface area is 265 Å². The summed E-state index contributed by atoms with van der Waals surface area (Å²) in [5, 5.41) is 6.71. The van der Waals surface area contributed by atoms with Crippen molar-refractivity contribution in [2.75, 3.05) is 43.9 Å². The van der Waals surface area contributed by atoms with Gasteiger partial charge in [0.05, 0.1) is 23.0 Å². The molecule has 1 aliphatic rings. The molecule has 2 aromatic heterocycles. The summed E-state index contributed by atoms with van der Waals surface area (Å²) in [5.74, 6) is -0.0390. The zero-order chi connectivity index (χ0) is 32.4. The Morgan fingerprint density at radius 1 is 0.870 bits per heavy atom. The van der Waals surface area contributed by atoms with Crippen LogP contribution in [0.25, 0.3) is 22.0 Å². The summed E-state index contributed by atoms with van der Waals surface area (Å²) in [7, 11) is 2.03. The molecule has 1 aliphatic heterocycles. The first-order chi connectivity index (χ1) is 22.0. The van der Waals surface area contributed by atoms with Gasteiger partial charge in [-0.05, 0) is 97.7 Å². The standard InChI is InChI=1S/C35H34F3N7O/c1-22-13-27(17-28-19-40-34(43-32(22)28)42-30-8-7-23(2)39-20-30)25-5-4-6-26(16-25)33(46)41-31-15-24(14-29(18-31)35(36,37)38)21-45-11-9-44(3)10-12-45/h4-8,13-20H,9-12,21H2,1-3H3,(H,41,46)(H,40,42,43). The molecule has 0 aliphatic carbocycles. The largest absolute Gasteiger partial charge is 0.416 e. The summed E-state index contributed by atoms with van der Waals surface area (Å²) in [6, 6.07) is 18.6. The molecule has 0 saturated carbocycles. The minimum Gasteiger partial charge on any atom is -0.323 e. The lowest BCUT2D eigenvalue weighted by Crippen LogP contribution is -2.43. The number of aromatic nitrogens is 3. The molecule has 0 spiro atoms. The van der Waals surface area contributed by atoms with E-state index in [2.05, 4.69) is 30.4 Å². The first kappa shape index (κ1) is 31.1. The Hall–Kier alpha value is -4.87. The molecule has 6 rings (SSSR count). The molecule has 5 aromatic rings. The van der Waals surface area contributed by atoms with E-state index in [0.29, 0.717) is 23.6 Å². The van der Waals surface area contributed by atoms with Crippen molar-refractivity contribution >= 4 is 34.1 Å². The third-order valence-corrected chi connectivity index (χ3v) is 8.08. The lowest BCUT2D eigenvalue weighted by molar-refractivity contribution is -0.137. The fourth-order valence-corrected chi connectivity index (χ4v) is 5.55. The molecule has 1 fully saturated rings. The van der Waals surface area contributed by atoms with Gasteiger partial charge in [-0.25, -0.2) is 9.97 Å². The second kappa shape index (κ2) is 12.9. The molecule has 0 atom stereocenters. The highest BCUT2D eigenvalue weighted by Gasteiger charge is 2.31. The number of hydrogen-bond donors (Lipinski definition) is 2. The highest BCUT2D eigenvalue weighted by molar-refractivity contribution is 6.05. The summed E-state index contributed by atoms with van der Waals surface area (Å²) in [6.45, 7) is 7.50. The Balaban J connectivity index is 1.22. The van der Waals surface area contributed by atoms with Crippen LogP contribution in [-0.2, 0) is 12.7 Å². The van der Waals surface area contributed by atoms with Gasteiger partial charge in [0.1, 0.15) is 0 Å². The van der Waals surface area contributed by atoms with Crippen LogP contribution in [0.4, 0.5) is 30.5 Å². The lowest BCUT2D eigenvalue weighted by atomic mass is 9.99. The summed E-state index contributed by atoms with van der Waals surface area (Å²) >= 11 is 0. The van der Waals surface area contributed by atoms with Crippen molar-refractivity contribution < 1.29 is 18.0 Å². The molecule has 0 bridgehead atoms. The molecular weight excluding hydrogens is 591 g/mol. The summed E-state index contributed by atoms with van der Waals surface area (Å²) in [4.78, 5) is 31.1. The first-order valence-corrected chi connectivity index (χ1v) is 15.0. The molecule has 1 amide bonds. The number of benzene rings is 3. The summed E-state index contributed by atoms with van der Waals surface area (Å²) in [5.41, 5.74) is 5.21. The summed E-state index contributed by atoms with van der Waals surface area (Å²) < 4.78 is 41.4. The molecule has 3 heterocycles. The van der Waals surface area contributed by atoms with Crippen LogP contribution in [0.2, 0.25) is 0 Å². The Kier molecular flexibility index (Phi) is 8.70. The average molecular weight is 626 g/mol. The van der Waals surface area contributed by atoms with Crippen LogP contribution in [0.1, 0.15) is 32.7 Å². The van der Waals surface area contributed by atoms with Crippen molar-refractivity contribution in [2.24, 2.45) is 0 Å². The zero-order valence-corrected chi connectivity index (χ0v) is 25.8. The van der Waals surface area contributed by atoms with Crippen molar-refractivity contribution in [3.05, 3.63) is 107 Å². The van der Waals surface area contributed by atoms with E-state index >= 15 is 0 Å². The molecule has 0 radical (unpaired) electrons. The van der Waals surface area contributed by atoms with E-state index in [4.69, 9.17) is 4.98 Å². The Bertz CT molecular complexity index is 1880. The van der Waals surface area contributed by atoms with E-state index in [-0.39, 0.29) is 5.69 Å². The zero-order valence-electron chi connectivity index (χ0n) is 25.8. The van der Waals surface area contributed by atoms with Crippen LogP contribution in [0.15, 0.2) is 79.1 Å². The normalized spacial score (nSPS) is 14.4. The molecule has 2 N–H and O–H groups in total. The number of aryl methyl sites for hydroxylation is 2. The maximum Gasteiger partial charge on any atom is 0.416 e.